The zero-order chi connectivity index (χ0) is 11.7. The number of hydrogen-bond donors (Lipinski definition) is 0. The molecule has 84 valence electrons. The Bertz CT molecular complexity index is 458. The molecule has 2 nitrogen and oxygen atoms in total. The average molecular weight is 214 g/mol. The molecule has 1 aromatic heterocycles. The van der Waals surface area contributed by atoms with Crippen molar-refractivity contribution in [3.8, 4) is 0 Å². The van der Waals surface area contributed by atoms with E-state index in [1.807, 2.05) is 12.3 Å². The third-order valence-corrected chi connectivity index (χ3v) is 2.97. The van der Waals surface area contributed by atoms with Gasteiger partial charge in [0.1, 0.15) is 0 Å². The van der Waals surface area contributed by atoms with E-state index in [0.29, 0.717) is 11.8 Å². The van der Waals surface area contributed by atoms with Crippen LogP contribution in [0.3, 0.4) is 0 Å². The van der Waals surface area contributed by atoms with Crippen molar-refractivity contribution in [2.24, 2.45) is 0 Å². The molecule has 2 rings (SSSR count). The molecule has 0 radical (unpaired) electrons. The maximum atomic E-state index is 4.22. The highest BCUT2D eigenvalue weighted by Crippen LogP contribution is 2.30. The van der Waals surface area contributed by atoms with E-state index in [9.17, 15) is 0 Å². The van der Waals surface area contributed by atoms with Gasteiger partial charge in [0, 0.05) is 5.39 Å². The number of benzene rings is 1. The van der Waals surface area contributed by atoms with Gasteiger partial charge >= 0.3 is 0 Å². The molecule has 16 heavy (non-hydrogen) atoms. The largest absolute Gasteiger partial charge is 0.158 e. The lowest BCUT2D eigenvalue weighted by molar-refractivity contribution is 0.840. The van der Waals surface area contributed by atoms with Crippen LogP contribution in [0.2, 0.25) is 0 Å². The number of nitrogens with zero attached hydrogens (tertiary/aromatic N) is 2. The lowest BCUT2D eigenvalue weighted by Crippen LogP contribution is -1.99. The van der Waals surface area contributed by atoms with E-state index in [-0.39, 0.29) is 0 Å². The van der Waals surface area contributed by atoms with Crippen LogP contribution in [0, 0.1) is 0 Å². The maximum absolute atomic E-state index is 4.22. The highest BCUT2D eigenvalue weighted by atomic mass is 15.1. The fourth-order valence-electron chi connectivity index (χ4n) is 2.09. The smallest absolute Gasteiger partial charge is 0.0935 e. The Kier molecular flexibility index (Phi) is 2.90. The average Bonchev–Trinajstić information content (AvgIpc) is 2.27. The van der Waals surface area contributed by atoms with Crippen molar-refractivity contribution in [1.29, 1.82) is 0 Å². The van der Waals surface area contributed by atoms with Gasteiger partial charge in [0.2, 0.25) is 0 Å². The summed E-state index contributed by atoms with van der Waals surface area (Å²) in [7, 11) is 0. The van der Waals surface area contributed by atoms with Gasteiger partial charge in [-0.15, -0.1) is 0 Å². The molecule has 1 heterocycles. The number of hydrogen-bond acceptors (Lipinski definition) is 2. The van der Waals surface area contributed by atoms with Crippen LogP contribution in [-0.2, 0) is 0 Å². The second-order valence-electron chi connectivity index (χ2n) is 4.85. The van der Waals surface area contributed by atoms with E-state index < -0.39 is 0 Å². The van der Waals surface area contributed by atoms with Gasteiger partial charge in [-0.2, -0.15) is 10.2 Å². The zero-order valence-electron chi connectivity index (χ0n) is 10.4. The predicted molar refractivity (Wildman–Crippen MR) is 67.7 cm³/mol. The molecular weight excluding hydrogens is 196 g/mol. The van der Waals surface area contributed by atoms with Gasteiger partial charge < -0.3 is 0 Å². The van der Waals surface area contributed by atoms with Crippen LogP contribution >= 0.6 is 0 Å². The van der Waals surface area contributed by atoms with E-state index in [1.165, 1.54) is 16.5 Å². The monoisotopic (exact) mass is 214 g/mol. The predicted octanol–water partition coefficient (Wildman–Crippen LogP) is 3.88. The summed E-state index contributed by atoms with van der Waals surface area (Å²) in [6, 6.07) is 6.30. The molecule has 2 heteroatoms. The molecule has 0 aliphatic carbocycles. The normalized spacial score (nSPS) is 11.6. The maximum Gasteiger partial charge on any atom is 0.0935 e. The van der Waals surface area contributed by atoms with Crippen molar-refractivity contribution in [2.75, 3.05) is 0 Å². The summed E-state index contributed by atoms with van der Waals surface area (Å²) in [4.78, 5) is 0. The molecule has 0 aliphatic heterocycles. The fourth-order valence-corrected chi connectivity index (χ4v) is 2.09. The molecule has 1 aromatic carbocycles. The molecule has 0 spiro atoms. The summed E-state index contributed by atoms with van der Waals surface area (Å²) in [6.07, 6.45) is 1.90. The van der Waals surface area contributed by atoms with E-state index in [0.717, 1.165) is 5.52 Å². The molecule has 0 fully saturated rings. The minimum atomic E-state index is 0.484. The minimum Gasteiger partial charge on any atom is -0.158 e. The summed E-state index contributed by atoms with van der Waals surface area (Å²) < 4.78 is 0. The molecule has 0 N–H and O–H groups in total. The fraction of sp³-hybridized carbons (Fsp3) is 0.429. The first-order chi connectivity index (χ1) is 7.61. The molecule has 0 unspecified atom stereocenters. The minimum absolute atomic E-state index is 0.484. The van der Waals surface area contributed by atoms with E-state index in [2.05, 4.69) is 50.0 Å². The van der Waals surface area contributed by atoms with Crippen molar-refractivity contribution in [2.45, 2.75) is 39.5 Å². The van der Waals surface area contributed by atoms with Gasteiger partial charge in [0.25, 0.3) is 0 Å². The first-order valence-corrected chi connectivity index (χ1v) is 5.85. The second-order valence-corrected chi connectivity index (χ2v) is 4.85. The first kappa shape index (κ1) is 11.1. The summed E-state index contributed by atoms with van der Waals surface area (Å²) in [6.45, 7) is 8.85. The van der Waals surface area contributed by atoms with Crippen LogP contribution in [0.25, 0.3) is 10.9 Å². The third-order valence-electron chi connectivity index (χ3n) is 2.97. The molecule has 0 saturated carbocycles. The topological polar surface area (TPSA) is 25.8 Å². The van der Waals surface area contributed by atoms with Crippen LogP contribution in [0.1, 0.15) is 50.7 Å². The summed E-state index contributed by atoms with van der Waals surface area (Å²) in [5, 5.41) is 9.60. The Morgan fingerprint density at radius 2 is 1.62 bits per heavy atom. The van der Waals surface area contributed by atoms with Crippen molar-refractivity contribution < 1.29 is 0 Å². The van der Waals surface area contributed by atoms with E-state index >= 15 is 0 Å². The Hall–Kier alpha value is -1.44. The molecule has 0 atom stereocenters. The standard InChI is InChI=1S/C14H18N2/c1-9(2)11-6-5-7-13-14(11)12(10(3)4)8-15-16-13/h5-10H,1-4H3. The molecule has 2 aromatic rings. The highest BCUT2D eigenvalue weighted by molar-refractivity contribution is 5.85. The van der Waals surface area contributed by atoms with Gasteiger partial charge in [-0.3, -0.25) is 0 Å². The van der Waals surface area contributed by atoms with Crippen LogP contribution in [0.5, 0.6) is 0 Å². The SMILES string of the molecule is CC(C)c1cccc2nncc(C(C)C)c12. The second kappa shape index (κ2) is 4.20. The number of fused-ring (bicyclic) bond motifs is 1. The van der Waals surface area contributed by atoms with Crippen LogP contribution in [0.15, 0.2) is 24.4 Å². The number of aromatic nitrogens is 2. The highest BCUT2D eigenvalue weighted by Gasteiger charge is 2.12. The molecule has 0 saturated heterocycles. The van der Waals surface area contributed by atoms with Crippen molar-refractivity contribution in [3.05, 3.63) is 35.5 Å². The third kappa shape index (κ3) is 1.80. The van der Waals surface area contributed by atoms with Crippen LogP contribution in [-0.4, -0.2) is 10.2 Å². The van der Waals surface area contributed by atoms with Crippen molar-refractivity contribution in [1.82, 2.24) is 10.2 Å². The molecular formula is C14H18N2. The van der Waals surface area contributed by atoms with E-state index in [1.54, 1.807) is 0 Å². The van der Waals surface area contributed by atoms with Gasteiger partial charge in [0.15, 0.2) is 0 Å². The molecule has 0 aliphatic rings. The summed E-state index contributed by atoms with van der Waals surface area (Å²) in [5.74, 6) is 1.00. The zero-order valence-corrected chi connectivity index (χ0v) is 10.4. The summed E-state index contributed by atoms with van der Waals surface area (Å²) >= 11 is 0. The van der Waals surface area contributed by atoms with Gasteiger partial charge in [-0.1, -0.05) is 39.8 Å². The Morgan fingerprint density at radius 1 is 0.938 bits per heavy atom. The Balaban J connectivity index is 2.82. The summed E-state index contributed by atoms with van der Waals surface area (Å²) in [5.41, 5.74) is 3.68. The van der Waals surface area contributed by atoms with Gasteiger partial charge in [-0.05, 0) is 29.0 Å². The van der Waals surface area contributed by atoms with Crippen molar-refractivity contribution in [3.63, 3.8) is 0 Å². The van der Waals surface area contributed by atoms with Gasteiger partial charge in [-0.25, -0.2) is 0 Å². The Morgan fingerprint density at radius 3 is 2.25 bits per heavy atom. The first-order valence-electron chi connectivity index (χ1n) is 5.85. The molecule has 0 amide bonds. The van der Waals surface area contributed by atoms with E-state index in [4.69, 9.17) is 0 Å². The van der Waals surface area contributed by atoms with Crippen LogP contribution in [0.4, 0.5) is 0 Å². The Labute approximate surface area is 96.7 Å². The quantitative estimate of drug-likeness (QED) is 0.758. The lowest BCUT2D eigenvalue weighted by Gasteiger charge is -2.14. The number of rotatable bonds is 2. The van der Waals surface area contributed by atoms with Crippen LogP contribution < -0.4 is 0 Å². The molecule has 0 bridgehead atoms. The van der Waals surface area contributed by atoms with Crippen molar-refractivity contribution >= 4 is 10.9 Å². The lowest BCUT2D eigenvalue weighted by atomic mass is 9.92. The van der Waals surface area contributed by atoms with Gasteiger partial charge in [0.05, 0.1) is 11.7 Å².